The maximum absolute atomic E-state index is 12.9. The first-order chi connectivity index (χ1) is 13.7. The monoisotopic (exact) mass is 402 g/mol. The quantitative estimate of drug-likeness (QED) is 0.748. The van der Waals surface area contributed by atoms with Crippen molar-refractivity contribution >= 4 is 17.3 Å². The van der Waals surface area contributed by atoms with E-state index in [0.29, 0.717) is 17.9 Å². The lowest BCUT2D eigenvalue weighted by atomic mass is 10.2. The lowest BCUT2D eigenvalue weighted by Crippen LogP contribution is -2.43. The highest BCUT2D eigenvalue weighted by Gasteiger charge is 2.37. The predicted molar refractivity (Wildman–Crippen MR) is 90.9 cm³/mol. The minimum Gasteiger partial charge on any atom is -0.433 e. The molecule has 1 aromatic carbocycles. The number of rotatable bonds is 5. The molecular weight excluding hydrogens is 385 g/mol. The van der Waals surface area contributed by atoms with Gasteiger partial charge in [-0.1, -0.05) is 0 Å². The summed E-state index contributed by atoms with van der Waals surface area (Å²) in [7, 11) is 0. The molecule has 0 saturated carbocycles. The van der Waals surface area contributed by atoms with E-state index in [0.717, 1.165) is 19.5 Å². The summed E-state index contributed by atoms with van der Waals surface area (Å²) in [5.41, 5.74) is -0.537. The second-order valence-electron chi connectivity index (χ2n) is 6.55. The van der Waals surface area contributed by atoms with Gasteiger partial charge in [0.15, 0.2) is 5.75 Å². The molecule has 2 bridgehead atoms. The van der Waals surface area contributed by atoms with Crippen LogP contribution in [0.3, 0.4) is 0 Å². The second kappa shape index (κ2) is 7.04. The number of hydrogen-bond donors (Lipinski definition) is 2. The van der Waals surface area contributed by atoms with Crippen LogP contribution in [-0.2, 0) is 6.18 Å². The number of hydrogen-bond acceptors (Lipinski definition) is 6. The van der Waals surface area contributed by atoms with Gasteiger partial charge in [0.2, 0.25) is 5.95 Å². The molecule has 2 aliphatic rings. The third-order valence-corrected chi connectivity index (χ3v) is 4.72. The van der Waals surface area contributed by atoms with Crippen LogP contribution in [0, 0.1) is 0 Å². The molecular formula is C17H16F5N5O. The fourth-order valence-electron chi connectivity index (χ4n) is 3.48. The Hall–Kier alpha value is -2.69. The van der Waals surface area contributed by atoms with E-state index in [2.05, 4.69) is 30.2 Å². The number of halogens is 5. The molecule has 11 heteroatoms. The SMILES string of the molecule is [2H]c1nc(Nc2ccc(N3C[C@@H]4C[C@H]3CN4)cc2OC(F)F)ncc1C(F)(F)F. The normalized spacial score (nSPS) is 21.9. The standard InChI is InChI=1S/C17H16F5N5O/c18-15(19)28-14-4-11(27-8-10-3-12(27)7-23-10)1-2-13(14)26-16-24-5-9(6-25-16)17(20,21)22/h1-2,4-6,10,12,15,23H,3,7-8H2,(H,24,25,26)/t10-,12-/m0/s1/i5D. The Bertz CT molecular complexity index is 912. The number of alkyl halides is 5. The van der Waals surface area contributed by atoms with Gasteiger partial charge < -0.3 is 20.3 Å². The Morgan fingerprint density at radius 3 is 2.75 bits per heavy atom. The summed E-state index contributed by atoms with van der Waals surface area (Å²) in [6.45, 7) is -1.54. The Balaban J connectivity index is 1.60. The van der Waals surface area contributed by atoms with Crippen LogP contribution in [0.2, 0.25) is 0 Å². The van der Waals surface area contributed by atoms with Gasteiger partial charge in [-0.15, -0.1) is 0 Å². The molecule has 0 unspecified atom stereocenters. The van der Waals surface area contributed by atoms with E-state index < -0.39 is 24.5 Å². The fraction of sp³-hybridized carbons (Fsp3) is 0.412. The van der Waals surface area contributed by atoms with Crippen molar-refractivity contribution in [1.29, 1.82) is 0 Å². The van der Waals surface area contributed by atoms with Gasteiger partial charge in [0.25, 0.3) is 0 Å². The first kappa shape index (κ1) is 17.4. The van der Waals surface area contributed by atoms with Crippen LogP contribution in [0.1, 0.15) is 13.4 Å². The van der Waals surface area contributed by atoms with Crippen molar-refractivity contribution in [3.8, 4) is 5.75 Å². The van der Waals surface area contributed by atoms with Crippen molar-refractivity contribution < 1.29 is 28.1 Å². The van der Waals surface area contributed by atoms with Gasteiger partial charge in [-0.25, -0.2) is 9.97 Å². The predicted octanol–water partition coefficient (Wildman–Crippen LogP) is 3.39. The fourth-order valence-corrected chi connectivity index (χ4v) is 3.48. The van der Waals surface area contributed by atoms with E-state index in [1.807, 2.05) is 0 Å². The third-order valence-electron chi connectivity index (χ3n) is 4.72. The molecule has 2 atom stereocenters. The summed E-state index contributed by atoms with van der Waals surface area (Å²) in [6, 6.07) is 5.24. The Morgan fingerprint density at radius 1 is 1.32 bits per heavy atom. The molecule has 4 rings (SSSR count). The molecule has 0 amide bonds. The number of fused-ring (bicyclic) bond motifs is 2. The van der Waals surface area contributed by atoms with E-state index in [1.54, 1.807) is 6.07 Å². The molecule has 0 radical (unpaired) electrons. The molecule has 28 heavy (non-hydrogen) atoms. The number of nitrogens with zero attached hydrogens (tertiary/aromatic N) is 3. The van der Waals surface area contributed by atoms with Crippen LogP contribution < -0.4 is 20.3 Å². The molecule has 1 aromatic heterocycles. The van der Waals surface area contributed by atoms with Crippen LogP contribution in [0.4, 0.5) is 39.3 Å². The summed E-state index contributed by atoms with van der Waals surface area (Å²) < 4.78 is 76.0. The van der Waals surface area contributed by atoms with Crippen molar-refractivity contribution in [2.24, 2.45) is 0 Å². The van der Waals surface area contributed by atoms with Gasteiger partial charge in [0, 0.05) is 49.3 Å². The lowest BCUT2D eigenvalue weighted by molar-refractivity contribution is -0.138. The van der Waals surface area contributed by atoms with Crippen molar-refractivity contribution in [3.63, 3.8) is 0 Å². The highest BCUT2D eigenvalue weighted by atomic mass is 19.4. The first-order valence-corrected chi connectivity index (χ1v) is 8.47. The summed E-state index contributed by atoms with van der Waals surface area (Å²) in [5, 5.41) is 5.90. The highest BCUT2D eigenvalue weighted by molar-refractivity contribution is 5.68. The zero-order valence-corrected chi connectivity index (χ0v) is 14.3. The summed E-state index contributed by atoms with van der Waals surface area (Å²) in [4.78, 5) is 9.07. The van der Waals surface area contributed by atoms with Gasteiger partial charge in [0.1, 0.15) is 0 Å². The Labute approximate surface area is 158 Å². The molecule has 3 heterocycles. The van der Waals surface area contributed by atoms with Crippen LogP contribution in [-0.4, -0.2) is 41.8 Å². The van der Waals surface area contributed by atoms with E-state index in [1.165, 1.54) is 12.1 Å². The number of ether oxygens (including phenoxy) is 1. The van der Waals surface area contributed by atoms with Gasteiger partial charge >= 0.3 is 12.8 Å². The molecule has 6 nitrogen and oxygen atoms in total. The average molecular weight is 402 g/mol. The first-order valence-electron chi connectivity index (χ1n) is 8.97. The van der Waals surface area contributed by atoms with Crippen LogP contribution in [0.15, 0.2) is 30.6 Å². The maximum atomic E-state index is 12.9. The van der Waals surface area contributed by atoms with Gasteiger partial charge in [-0.2, -0.15) is 22.0 Å². The number of benzene rings is 1. The van der Waals surface area contributed by atoms with Gasteiger partial charge in [0.05, 0.1) is 12.6 Å². The van der Waals surface area contributed by atoms with Crippen molar-refractivity contribution in [3.05, 3.63) is 36.1 Å². The summed E-state index contributed by atoms with van der Waals surface area (Å²) in [5.74, 6) is -0.525. The van der Waals surface area contributed by atoms with E-state index in [4.69, 9.17) is 1.37 Å². The Kier molecular flexibility index (Phi) is 4.38. The largest absolute Gasteiger partial charge is 0.433 e. The second-order valence-corrected chi connectivity index (χ2v) is 6.55. The Morgan fingerprint density at radius 2 is 2.14 bits per heavy atom. The van der Waals surface area contributed by atoms with Crippen molar-refractivity contribution in [1.82, 2.24) is 15.3 Å². The average Bonchev–Trinajstić information content (AvgIpc) is 3.25. The molecule has 0 spiro atoms. The van der Waals surface area contributed by atoms with E-state index in [-0.39, 0.29) is 23.4 Å². The number of piperazine rings is 1. The smallest absolute Gasteiger partial charge is 0.419 e. The number of anilines is 3. The zero-order valence-electron chi connectivity index (χ0n) is 15.3. The summed E-state index contributed by atoms with van der Waals surface area (Å²) in [6.07, 6.45) is -4.35. The molecule has 2 saturated heterocycles. The summed E-state index contributed by atoms with van der Waals surface area (Å²) >= 11 is 0. The van der Waals surface area contributed by atoms with Crippen molar-refractivity contribution in [2.45, 2.75) is 31.3 Å². The maximum Gasteiger partial charge on any atom is 0.419 e. The molecule has 150 valence electrons. The molecule has 2 aromatic rings. The molecule has 2 N–H and O–H groups in total. The van der Waals surface area contributed by atoms with Crippen LogP contribution in [0.5, 0.6) is 5.75 Å². The minimum absolute atomic E-state index is 0.0516. The topological polar surface area (TPSA) is 62.3 Å². The number of nitrogens with one attached hydrogen (secondary N) is 2. The van der Waals surface area contributed by atoms with E-state index in [9.17, 15) is 22.0 Å². The van der Waals surface area contributed by atoms with Gasteiger partial charge in [-0.05, 0) is 18.6 Å². The third kappa shape index (κ3) is 3.79. The van der Waals surface area contributed by atoms with E-state index >= 15 is 0 Å². The lowest BCUT2D eigenvalue weighted by Gasteiger charge is -2.30. The molecule has 0 aliphatic carbocycles. The van der Waals surface area contributed by atoms with Gasteiger partial charge in [-0.3, -0.25) is 0 Å². The van der Waals surface area contributed by atoms with Crippen LogP contribution >= 0.6 is 0 Å². The zero-order chi connectivity index (χ0) is 20.8. The highest BCUT2D eigenvalue weighted by Crippen LogP contribution is 2.36. The van der Waals surface area contributed by atoms with Crippen LogP contribution in [0.25, 0.3) is 0 Å². The molecule has 2 aliphatic heterocycles. The number of aromatic nitrogens is 2. The molecule has 2 fully saturated rings. The minimum atomic E-state index is -4.76. The van der Waals surface area contributed by atoms with Crippen molar-refractivity contribution in [2.75, 3.05) is 23.3 Å².